The van der Waals surface area contributed by atoms with Gasteiger partial charge in [-0.05, 0) is 44.5 Å². The van der Waals surface area contributed by atoms with Crippen LogP contribution >= 0.6 is 0 Å². The van der Waals surface area contributed by atoms with Crippen molar-refractivity contribution in [1.29, 1.82) is 0 Å². The first-order valence-electron chi connectivity index (χ1n) is 5.67. The number of hydrogen-bond acceptors (Lipinski definition) is 3. The minimum atomic E-state index is -2.99. The summed E-state index contributed by atoms with van der Waals surface area (Å²) in [6, 6.07) is 4.05. The highest BCUT2D eigenvalue weighted by Crippen LogP contribution is 2.24. The third kappa shape index (κ3) is 3.82. The van der Waals surface area contributed by atoms with Gasteiger partial charge in [-0.15, -0.1) is 0 Å². The zero-order chi connectivity index (χ0) is 13.2. The van der Waals surface area contributed by atoms with Crippen molar-refractivity contribution < 1.29 is 8.42 Å². The minimum absolute atomic E-state index is 0.133. The van der Waals surface area contributed by atoms with Gasteiger partial charge >= 0.3 is 0 Å². The highest BCUT2D eigenvalue weighted by Gasteiger charge is 2.19. The summed E-state index contributed by atoms with van der Waals surface area (Å²) in [6.45, 7) is 6.11. The van der Waals surface area contributed by atoms with Gasteiger partial charge in [-0.25, -0.2) is 8.42 Å². The van der Waals surface area contributed by atoms with Gasteiger partial charge in [0.25, 0.3) is 0 Å². The summed E-state index contributed by atoms with van der Waals surface area (Å²) in [6.07, 6.45) is 1.27. The summed E-state index contributed by atoms with van der Waals surface area (Å²) in [5.74, 6) is 0.133. The third-order valence-corrected chi connectivity index (χ3v) is 3.84. The Labute approximate surface area is 104 Å². The monoisotopic (exact) mass is 255 g/mol. The van der Waals surface area contributed by atoms with Crippen molar-refractivity contribution in [3.05, 3.63) is 34.4 Å². The predicted octanol–water partition coefficient (Wildman–Crippen LogP) is 1.92. The number of nitrogens with one attached hydrogen (secondary N) is 1. The highest BCUT2D eigenvalue weighted by atomic mass is 32.2. The SMILES string of the molecule is CNC(CS(C)(=O)=O)c1c(C)cc(C)cc1C. The lowest BCUT2D eigenvalue weighted by Crippen LogP contribution is -2.26. The maximum atomic E-state index is 11.4. The van der Waals surface area contributed by atoms with Crippen LogP contribution in [0.3, 0.4) is 0 Å². The van der Waals surface area contributed by atoms with Crippen LogP contribution in [0, 0.1) is 20.8 Å². The molecule has 1 unspecified atom stereocenters. The molecule has 0 radical (unpaired) electrons. The molecule has 0 aliphatic rings. The lowest BCUT2D eigenvalue weighted by atomic mass is 9.95. The second-order valence-electron chi connectivity index (χ2n) is 4.75. The van der Waals surface area contributed by atoms with Gasteiger partial charge in [0.05, 0.1) is 5.75 Å². The fourth-order valence-corrected chi connectivity index (χ4v) is 3.29. The largest absolute Gasteiger partial charge is 0.312 e. The Balaban J connectivity index is 3.21. The first-order valence-corrected chi connectivity index (χ1v) is 7.73. The van der Waals surface area contributed by atoms with Crippen molar-refractivity contribution in [2.45, 2.75) is 26.8 Å². The number of sulfone groups is 1. The summed E-state index contributed by atoms with van der Waals surface area (Å²) in [5.41, 5.74) is 4.59. The van der Waals surface area contributed by atoms with Crippen LogP contribution in [0.2, 0.25) is 0 Å². The molecular weight excluding hydrogens is 234 g/mol. The van der Waals surface area contributed by atoms with E-state index in [9.17, 15) is 8.42 Å². The molecule has 96 valence electrons. The molecule has 1 aromatic rings. The van der Waals surface area contributed by atoms with Crippen LogP contribution in [0.5, 0.6) is 0 Å². The molecule has 1 atom stereocenters. The average Bonchev–Trinajstić information content (AvgIpc) is 2.12. The van der Waals surface area contributed by atoms with Gasteiger partial charge in [-0.3, -0.25) is 0 Å². The standard InChI is InChI=1S/C13H21NO2S/c1-9-6-10(2)13(11(3)7-9)12(14-4)8-17(5,15)16/h6-7,12,14H,8H2,1-5H3. The Kier molecular flexibility index (Phi) is 4.33. The fourth-order valence-electron chi connectivity index (χ4n) is 2.35. The van der Waals surface area contributed by atoms with E-state index in [1.54, 1.807) is 7.05 Å². The first-order chi connectivity index (χ1) is 7.74. The van der Waals surface area contributed by atoms with Crippen LogP contribution < -0.4 is 5.32 Å². The predicted molar refractivity (Wildman–Crippen MR) is 72.2 cm³/mol. The van der Waals surface area contributed by atoms with Gasteiger partial charge in [-0.1, -0.05) is 17.7 Å². The normalized spacial score (nSPS) is 13.7. The Morgan fingerprint density at radius 1 is 1.18 bits per heavy atom. The van der Waals surface area contributed by atoms with E-state index in [-0.39, 0.29) is 11.8 Å². The summed E-state index contributed by atoms with van der Waals surface area (Å²) in [7, 11) is -1.19. The summed E-state index contributed by atoms with van der Waals surface area (Å²) in [4.78, 5) is 0. The van der Waals surface area contributed by atoms with Crippen molar-refractivity contribution >= 4 is 9.84 Å². The summed E-state index contributed by atoms with van der Waals surface area (Å²) < 4.78 is 22.8. The van der Waals surface area contributed by atoms with E-state index in [1.165, 1.54) is 11.8 Å². The molecule has 0 heterocycles. The van der Waals surface area contributed by atoms with Gasteiger partial charge < -0.3 is 5.32 Å². The molecule has 1 rings (SSSR count). The van der Waals surface area contributed by atoms with Gasteiger partial charge in [0, 0.05) is 12.3 Å². The molecule has 17 heavy (non-hydrogen) atoms. The van der Waals surface area contributed by atoms with Crippen molar-refractivity contribution in [2.75, 3.05) is 19.1 Å². The molecule has 0 aromatic heterocycles. The van der Waals surface area contributed by atoms with E-state index in [0.717, 1.165) is 16.7 Å². The van der Waals surface area contributed by atoms with Crippen LogP contribution in [0.1, 0.15) is 28.3 Å². The molecule has 0 saturated heterocycles. The number of aryl methyl sites for hydroxylation is 3. The second kappa shape index (κ2) is 5.19. The molecule has 0 spiro atoms. The van der Waals surface area contributed by atoms with E-state index in [2.05, 4.69) is 24.4 Å². The minimum Gasteiger partial charge on any atom is -0.312 e. The molecule has 1 aromatic carbocycles. The Morgan fingerprint density at radius 3 is 2.00 bits per heavy atom. The molecule has 0 aliphatic carbocycles. The average molecular weight is 255 g/mol. The molecule has 0 amide bonds. The topological polar surface area (TPSA) is 46.2 Å². The maximum absolute atomic E-state index is 11.4. The van der Waals surface area contributed by atoms with E-state index >= 15 is 0 Å². The summed E-state index contributed by atoms with van der Waals surface area (Å²) >= 11 is 0. The Hall–Kier alpha value is -0.870. The maximum Gasteiger partial charge on any atom is 0.149 e. The summed E-state index contributed by atoms with van der Waals surface area (Å²) in [5, 5.41) is 3.10. The lowest BCUT2D eigenvalue weighted by Gasteiger charge is -2.21. The smallest absolute Gasteiger partial charge is 0.149 e. The van der Waals surface area contributed by atoms with Crippen LogP contribution in [-0.4, -0.2) is 27.5 Å². The zero-order valence-corrected chi connectivity index (χ0v) is 12.0. The third-order valence-electron chi connectivity index (χ3n) is 2.90. The Bertz CT molecular complexity index is 483. The number of hydrogen-bond donors (Lipinski definition) is 1. The van der Waals surface area contributed by atoms with Crippen molar-refractivity contribution in [3.8, 4) is 0 Å². The number of benzene rings is 1. The lowest BCUT2D eigenvalue weighted by molar-refractivity contribution is 0.578. The van der Waals surface area contributed by atoms with E-state index in [4.69, 9.17) is 0 Å². The molecule has 1 N–H and O–H groups in total. The first kappa shape index (κ1) is 14.2. The van der Waals surface area contributed by atoms with Gasteiger partial charge in [-0.2, -0.15) is 0 Å². The second-order valence-corrected chi connectivity index (χ2v) is 6.93. The van der Waals surface area contributed by atoms with Crippen molar-refractivity contribution in [3.63, 3.8) is 0 Å². The van der Waals surface area contributed by atoms with Crippen molar-refractivity contribution in [2.24, 2.45) is 0 Å². The highest BCUT2D eigenvalue weighted by molar-refractivity contribution is 7.90. The molecular formula is C13H21NO2S. The van der Waals surface area contributed by atoms with E-state index in [0.29, 0.717) is 0 Å². The van der Waals surface area contributed by atoms with Crippen LogP contribution in [0.25, 0.3) is 0 Å². The number of rotatable bonds is 4. The van der Waals surface area contributed by atoms with Crippen LogP contribution in [0.15, 0.2) is 12.1 Å². The molecule has 0 aliphatic heterocycles. The molecule has 3 nitrogen and oxygen atoms in total. The van der Waals surface area contributed by atoms with E-state index < -0.39 is 9.84 Å². The molecule has 0 fully saturated rings. The van der Waals surface area contributed by atoms with Crippen LogP contribution in [-0.2, 0) is 9.84 Å². The van der Waals surface area contributed by atoms with E-state index in [1.807, 2.05) is 13.8 Å². The Morgan fingerprint density at radius 2 is 1.65 bits per heavy atom. The molecule has 0 saturated carbocycles. The van der Waals surface area contributed by atoms with Gasteiger partial charge in [0.2, 0.25) is 0 Å². The molecule has 4 heteroatoms. The van der Waals surface area contributed by atoms with Crippen molar-refractivity contribution in [1.82, 2.24) is 5.32 Å². The van der Waals surface area contributed by atoms with Crippen LogP contribution in [0.4, 0.5) is 0 Å². The molecule has 0 bridgehead atoms. The zero-order valence-electron chi connectivity index (χ0n) is 11.2. The quantitative estimate of drug-likeness (QED) is 0.894. The van der Waals surface area contributed by atoms with Gasteiger partial charge in [0.1, 0.15) is 9.84 Å². The van der Waals surface area contributed by atoms with Gasteiger partial charge in [0.15, 0.2) is 0 Å². The fraction of sp³-hybridized carbons (Fsp3) is 0.538.